The molecule has 1 aromatic carbocycles. The van der Waals surface area contributed by atoms with Gasteiger partial charge in [0.2, 0.25) is 11.8 Å². The van der Waals surface area contributed by atoms with Crippen LogP contribution in [0.25, 0.3) is 11.5 Å². The Balaban J connectivity index is 1.46. The molecule has 1 aliphatic heterocycles. The van der Waals surface area contributed by atoms with E-state index in [1.807, 2.05) is 37.3 Å². The quantitative estimate of drug-likeness (QED) is 0.732. The monoisotopic (exact) mass is 368 g/mol. The van der Waals surface area contributed by atoms with Gasteiger partial charge in [0.05, 0.1) is 6.54 Å². The Labute approximate surface area is 155 Å². The molecule has 0 unspecified atom stereocenters. The van der Waals surface area contributed by atoms with Crippen molar-refractivity contribution >= 4 is 5.97 Å². The Hall–Kier alpha value is -3.00. The zero-order valence-corrected chi connectivity index (χ0v) is 15.0. The predicted octanol–water partition coefficient (Wildman–Crippen LogP) is 3.11. The van der Waals surface area contributed by atoms with Crippen LogP contribution in [-0.2, 0) is 6.54 Å². The zero-order valence-electron chi connectivity index (χ0n) is 15.0. The molecule has 0 radical (unpaired) electrons. The molecule has 140 valence electrons. The first-order chi connectivity index (χ1) is 13.1. The third kappa shape index (κ3) is 3.75. The number of aromatic carboxylic acids is 1. The molecule has 3 heterocycles. The first kappa shape index (κ1) is 17.4. The fraction of sp³-hybridized carbons (Fsp3) is 0.368. The van der Waals surface area contributed by atoms with E-state index in [4.69, 9.17) is 8.94 Å². The molecule has 1 fully saturated rings. The fourth-order valence-electron chi connectivity index (χ4n) is 3.35. The Bertz CT molecular complexity index is 926. The molecule has 0 aliphatic carbocycles. The van der Waals surface area contributed by atoms with Crippen LogP contribution >= 0.6 is 0 Å². The van der Waals surface area contributed by atoms with Gasteiger partial charge in [-0.1, -0.05) is 23.4 Å². The number of carboxylic acids is 1. The number of piperidine rings is 1. The van der Waals surface area contributed by atoms with Crippen LogP contribution in [0.5, 0.6) is 0 Å². The summed E-state index contributed by atoms with van der Waals surface area (Å²) < 4.78 is 11.1. The Morgan fingerprint density at radius 2 is 1.96 bits per heavy atom. The van der Waals surface area contributed by atoms with Crippen LogP contribution in [0.3, 0.4) is 0 Å². The summed E-state index contributed by atoms with van der Waals surface area (Å²) in [7, 11) is 0. The van der Waals surface area contributed by atoms with E-state index >= 15 is 0 Å². The number of hydrogen-bond acceptors (Lipinski definition) is 7. The van der Waals surface area contributed by atoms with Crippen molar-refractivity contribution in [2.75, 3.05) is 13.1 Å². The van der Waals surface area contributed by atoms with Gasteiger partial charge in [0, 0.05) is 11.5 Å². The van der Waals surface area contributed by atoms with Gasteiger partial charge in [-0.15, -0.1) is 0 Å². The SMILES string of the molecule is Cc1noc(C2CCN(Cc3oc(-c4ccccc4)nc3C(=O)O)CC2)n1. The number of rotatable bonds is 5. The molecule has 4 rings (SSSR count). The van der Waals surface area contributed by atoms with E-state index in [1.54, 1.807) is 0 Å². The van der Waals surface area contributed by atoms with Gasteiger partial charge in [-0.3, -0.25) is 4.90 Å². The van der Waals surface area contributed by atoms with Crippen molar-refractivity contribution in [1.82, 2.24) is 20.0 Å². The van der Waals surface area contributed by atoms with E-state index < -0.39 is 5.97 Å². The van der Waals surface area contributed by atoms with Crippen LogP contribution in [0.15, 0.2) is 39.3 Å². The van der Waals surface area contributed by atoms with Crippen molar-refractivity contribution in [2.24, 2.45) is 0 Å². The van der Waals surface area contributed by atoms with E-state index in [1.165, 1.54) is 0 Å². The van der Waals surface area contributed by atoms with Crippen molar-refractivity contribution in [3.63, 3.8) is 0 Å². The molecule has 0 saturated carbocycles. The Morgan fingerprint density at radius 3 is 2.59 bits per heavy atom. The summed E-state index contributed by atoms with van der Waals surface area (Å²) in [6.07, 6.45) is 1.76. The maximum atomic E-state index is 11.6. The molecule has 8 nitrogen and oxygen atoms in total. The van der Waals surface area contributed by atoms with E-state index in [9.17, 15) is 9.90 Å². The largest absolute Gasteiger partial charge is 0.476 e. The van der Waals surface area contributed by atoms with Crippen LogP contribution in [0.4, 0.5) is 0 Å². The van der Waals surface area contributed by atoms with Gasteiger partial charge in [-0.25, -0.2) is 9.78 Å². The van der Waals surface area contributed by atoms with Gasteiger partial charge in [0.1, 0.15) is 0 Å². The molecule has 1 saturated heterocycles. The molecule has 27 heavy (non-hydrogen) atoms. The van der Waals surface area contributed by atoms with Gasteiger partial charge in [-0.05, 0) is 45.0 Å². The maximum Gasteiger partial charge on any atom is 0.358 e. The lowest BCUT2D eigenvalue weighted by atomic mass is 9.96. The number of carboxylic acid groups (broad SMARTS) is 1. The average molecular weight is 368 g/mol. The topological polar surface area (TPSA) is 105 Å². The lowest BCUT2D eigenvalue weighted by molar-refractivity contribution is 0.0686. The molecule has 0 spiro atoms. The molecule has 2 aromatic heterocycles. The Kier molecular flexibility index (Phi) is 4.72. The summed E-state index contributed by atoms with van der Waals surface area (Å²) in [4.78, 5) is 22.2. The number of hydrogen-bond donors (Lipinski definition) is 1. The van der Waals surface area contributed by atoms with Gasteiger partial charge >= 0.3 is 5.97 Å². The number of aryl methyl sites for hydroxylation is 1. The summed E-state index contributed by atoms with van der Waals surface area (Å²) in [5, 5.41) is 13.3. The third-order valence-corrected chi connectivity index (χ3v) is 4.77. The third-order valence-electron chi connectivity index (χ3n) is 4.77. The summed E-state index contributed by atoms with van der Waals surface area (Å²) in [5.41, 5.74) is 0.736. The number of oxazole rings is 1. The predicted molar refractivity (Wildman–Crippen MR) is 95.2 cm³/mol. The summed E-state index contributed by atoms with van der Waals surface area (Å²) in [5.74, 6) is 1.22. The highest BCUT2D eigenvalue weighted by molar-refractivity contribution is 5.87. The zero-order chi connectivity index (χ0) is 18.8. The molecule has 0 atom stereocenters. The van der Waals surface area contributed by atoms with Crippen LogP contribution in [0.2, 0.25) is 0 Å². The van der Waals surface area contributed by atoms with E-state index in [2.05, 4.69) is 20.0 Å². The molecule has 0 bridgehead atoms. The average Bonchev–Trinajstić information content (AvgIpc) is 3.30. The van der Waals surface area contributed by atoms with Crippen molar-refractivity contribution in [1.29, 1.82) is 0 Å². The molecule has 8 heteroatoms. The Morgan fingerprint density at radius 1 is 1.22 bits per heavy atom. The number of benzene rings is 1. The molecular formula is C19H20N4O4. The number of nitrogens with zero attached hydrogens (tertiary/aromatic N) is 4. The minimum absolute atomic E-state index is 0.0245. The van der Waals surface area contributed by atoms with E-state index in [0.717, 1.165) is 31.5 Å². The summed E-state index contributed by atoms with van der Waals surface area (Å²) in [6.45, 7) is 3.82. The smallest absolute Gasteiger partial charge is 0.358 e. The second-order valence-electron chi connectivity index (χ2n) is 6.69. The minimum Gasteiger partial charge on any atom is -0.476 e. The molecule has 1 N–H and O–H groups in total. The second-order valence-corrected chi connectivity index (χ2v) is 6.69. The van der Waals surface area contributed by atoms with Gasteiger partial charge in [0.25, 0.3) is 0 Å². The summed E-state index contributed by atoms with van der Waals surface area (Å²) in [6, 6.07) is 9.31. The highest BCUT2D eigenvalue weighted by Gasteiger charge is 2.27. The van der Waals surface area contributed by atoms with Gasteiger partial charge < -0.3 is 14.0 Å². The van der Waals surface area contributed by atoms with Crippen LogP contribution < -0.4 is 0 Å². The normalized spacial score (nSPS) is 15.9. The lowest BCUT2D eigenvalue weighted by Gasteiger charge is -2.29. The number of carbonyl (C=O) groups is 1. The highest BCUT2D eigenvalue weighted by atomic mass is 16.5. The molecule has 0 amide bonds. The maximum absolute atomic E-state index is 11.6. The molecular weight excluding hydrogens is 348 g/mol. The lowest BCUT2D eigenvalue weighted by Crippen LogP contribution is -2.32. The van der Waals surface area contributed by atoms with Gasteiger partial charge in [0.15, 0.2) is 17.3 Å². The van der Waals surface area contributed by atoms with E-state index in [0.29, 0.717) is 29.9 Å². The van der Waals surface area contributed by atoms with Crippen molar-refractivity contribution in [2.45, 2.75) is 32.2 Å². The molecule has 1 aliphatic rings. The first-order valence-corrected chi connectivity index (χ1v) is 8.91. The van der Waals surface area contributed by atoms with E-state index in [-0.39, 0.29) is 11.6 Å². The van der Waals surface area contributed by atoms with Crippen LogP contribution in [-0.4, -0.2) is 44.2 Å². The summed E-state index contributed by atoms with van der Waals surface area (Å²) >= 11 is 0. The van der Waals surface area contributed by atoms with Gasteiger partial charge in [-0.2, -0.15) is 4.98 Å². The second kappa shape index (κ2) is 7.32. The number of likely N-dealkylation sites (tertiary alicyclic amines) is 1. The van der Waals surface area contributed by atoms with Crippen LogP contribution in [0.1, 0.15) is 46.7 Å². The van der Waals surface area contributed by atoms with Crippen LogP contribution in [0, 0.1) is 6.92 Å². The standard InChI is InChI=1S/C19H20N4O4/c1-12-20-18(27-22-12)14-7-9-23(10-8-14)11-15-16(19(24)25)21-17(26-15)13-5-3-2-4-6-13/h2-6,14H,7-11H2,1H3,(H,24,25). The minimum atomic E-state index is -1.08. The first-order valence-electron chi connectivity index (χ1n) is 8.91. The van der Waals surface area contributed by atoms with Crippen molar-refractivity contribution in [3.8, 4) is 11.5 Å². The highest BCUT2D eigenvalue weighted by Crippen LogP contribution is 2.29. The fourth-order valence-corrected chi connectivity index (χ4v) is 3.35. The molecule has 3 aromatic rings. The van der Waals surface area contributed by atoms with Crippen molar-refractivity contribution < 1.29 is 18.8 Å². The van der Waals surface area contributed by atoms with Crippen molar-refractivity contribution in [3.05, 3.63) is 53.5 Å². The number of aromatic nitrogens is 3.